The summed E-state index contributed by atoms with van der Waals surface area (Å²) in [6, 6.07) is 0. The molecule has 3 heterocycles. The fourth-order valence-corrected chi connectivity index (χ4v) is 4.34. The molecule has 17 heavy (non-hydrogen) atoms. The van der Waals surface area contributed by atoms with E-state index in [0.29, 0.717) is 5.69 Å². The molecule has 3 rings (SSSR count). The van der Waals surface area contributed by atoms with Gasteiger partial charge in [0, 0.05) is 30.9 Å². The standard InChI is InChI=1S/C10H13N3O2S2/c14-17(15,6-8-3-11-4-8)7-9-5-13-1-2-16-10(13)12-9/h1-2,5,8,11H,3-4,6-7H2. The lowest BCUT2D eigenvalue weighted by atomic mass is 10.1. The molecule has 0 saturated carbocycles. The molecule has 0 aromatic carbocycles. The first-order chi connectivity index (χ1) is 8.12. The summed E-state index contributed by atoms with van der Waals surface area (Å²) in [6.07, 6.45) is 3.68. The summed E-state index contributed by atoms with van der Waals surface area (Å²) in [6.45, 7) is 1.63. The van der Waals surface area contributed by atoms with E-state index in [0.717, 1.165) is 18.1 Å². The van der Waals surface area contributed by atoms with E-state index in [4.69, 9.17) is 0 Å². The predicted octanol–water partition coefficient (Wildman–Crippen LogP) is 0.530. The first-order valence-electron chi connectivity index (χ1n) is 5.45. The Bertz CT molecular complexity index is 596. The maximum atomic E-state index is 11.9. The van der Waals surface area contributed by atoms with E-state index in [1.165, 1.54) is 11.3 Å². The normalized spacial score (nSPS) is 17.4. The molecule has 1 N–H and O–H groups in total. The lowest BCUT2D eigenvalue weighted by Crippen LogP contribution is -2.45. The first-order valence-corrected chi connectivity index (χ1v) is 8.15. The molecule has 5 nitrogen and oxygen atoms in total. The Morgan fingerprint density at radius 1 is 1.53 bits per heavy atom. The van der Waals surface area contributed by atoms with Crippen LogP contribution in [0.2, 0.25) is 0 Å². The molecule has 0 bridgehead atoms. The molecule has 1 fully saturated rings. The summed E-state index contributed by atoms with van der Waals surface area (Å²) >= 11 is 1.51. The fourth-order valence-electron chi connectivity index (χ4n) is 1.96. The zero-order valence-electron chi connectivity index (χ0n) is 9.17. The van der Waals surface area contributed by atoms with Crippen LogP contribution in [0.5, 0.6) is 0 Å². The summed E-state index contributed by atoms with van der Waals surface area (Å²) in [7, 11) is -3.03. The average Bonchev–Trinajstić information content (AvgIpc) is 2.71. The highest BCUT2D eigenvalue weighted by atomic mass is 32.2. The zero-order chi connectivity index (χ0) is 11.9. The molecule has 1 saturated heterocycles. The van der Waals surface area contributed by atoms with Gasteiger partial charge in [0.1, 0.15) is 0 Å². The Labute approximate surface area is 103 Å². The van der Waals surface area contributed by atoms with E-state index in [1.54, 1.807) is 6.20 Å². The molecular formula is C10H13N3O2S2. The summed E-state index contributed by atoms with van der Waals surface area (Å²) in [4.78, 5) is 5.14. The highest BCUT2D eigenvalue weighted by Crippen LogP contribution is 2.15. The lowest BCUT2D eigenvalue weighted by Gasteiger charge is -2.26. The van der Waals surface area contributed by atoms with Gasteiger partial charge in [0.25, 0.3) is 0 Å². The zero-order valence-corrected chi connectivity index (χ0v) is 10.8. The molecule has 0 spiro atoms. The second-order valence-electron chi connectivity index (χ2n) is 4.40. The van der Waals surface area contributed by atoms with Crippen molar-refractivity contribution < 1.29 is 8.42 Å². The molecule has 1 aliphatic heterocycles. The third-order valence-corrected chi connectivity index (χ3v) is 5.35. The minimum Gasteiger partial charge on any atom is -0.316 e. The monoisotopic (exact) mass is 271 g/mol. The van der Waals surface area contributed by atoms with Crippen LogP contribution in [0.25, 0.3) is 4.96 Å². The van der Waals surface area contributed by atoms with Crippen molar-refractivity contribution in [2.45, 2.75) is 5.75 Å². The number of aromatic nitrogens is 2. The fraction of sp³-hybridized carbons (Fsp3) is 0.500. The van der Waals surface area contributed by atoms with Gasteiger partial charge in [-0.3, -0.25) is 4.40 Å². The Morgan fingerprint density at radius 2 is 2.35 bits per heavy atom. The van der Waals surface area contributed by atoms with E-state index < -0.39 is 9.84 Å². The molecular weight excluding hydrogens is 258 g/mol. The largest absolute Gasteiger partial charge is 0.316 e. The van der Waals surface area contributed by atoms with Crippen LogP contribution in [0, 0.1) is 5.92 Å². The van der Waals surface area contributed by atoms with Crippen LogP contribution >= 0.6 is 11.3 Å². The number of thiazole rings is 1. The van der Waals surface area contributed by atoms with Crippen LogP contribution in [0.4, 0.5) is 0 Å². The van der Waals surface area contributed by atoms with Gasteiger partial charge in [-0.25, -0.2) is 13.4 Å². The highest BCUT2D eigenvalue weighted by molar-refractivity contribution is 7.90. The Hall–Kier alpha value is -0.920. The molecule has 2 aromatic heterocycles. The van der Waals surface area contributed by atoms with Crippen LogP contribution in [0.15, 0.2) is 17.8 Å². The number of rotatable bonds is 4. The van der Waals surface area contributed by atoms with E-state index in [2.05, 4.69) is 10.3 Å². The minimum atomic E-state index is -3.03. The molecule has 0 amide bonds. The van der Waals surface area contributed by atoms with Gasteiger partial charge in [-0.1, -0.05) is 0 Å². The smallest absolute Gasteiger partial charge is 0.193 e. The summed E-state index contributed by atoms with van der Waals surface area (Å²) in [5, 5.41) is 5.01. The molecule has 92 valence electrons. The molecule has 7 heteroatoms. The van der Waals surface area contributed by atoms with Gasteiger partial charge in [-0.05, 0) is 5.92 Å². The molecule has 0 radical (unpaired) electrons. The van der Waals surface area contributed by atoms with Gasteiger partial charge in [0.2, 0.25) is 0 Å². The number of hydrogen-bond donors (Lipinski definition) is 1. The summed E-state index contributed by atoms with van der Waals surface area (Å²) in [5.41, 5.74) is 0.643. The van der Waals surface area contributed by atoms with Crippen molar-refractivity contribution >= 4 is 26.1 Å². The van der Waals surface area contributed by atoms with Gasteiger partial charge in [-0.2, -0.15) is 0 Å². The van der Waals surface area contributed by atoms with Gasteiger partial charge in [-0.15, -0.1) is 11.3 Å². The van der Waals surface area contributed by atoms with Crippen LogP contribution in [-0.2, 0) is 15.6 Å². The highest BCUT2D eigenvalue weighted by Gasteiger charge is 2.25. The van der Waals surface area contributed by atoms with Gasteiger partial charge in [0.05, 0.1) is 17.2 Å². The van der Waals surface area contributed by atoms with Crippen molar-refractivity contribution in [1.82, 2.24) is 14.7 Å². The summed E-state index contributed by atoms with van der Waals surface area (Å²) in [5.74, 6) is 0.604. The Balaban J connectivity index is 1.74. The van der Waals surface area contributed by atoms with Crippen molar-refractivity contribution in [2.75, 3.05) is 18.8 Å². The van der Waals surface area contributed by atoms with Crippen molar-refractivity contribution in [1.29, 1.82) is 0 Å². The third kappa shape index (κ3) is 2.36. The lowest BCUT2D eigenvalue weighted by molar-refractivity contribution is 0.378. The molecule has 0 unspecified atom stereocenters. The van der Waals surface area contributed by atoms with E-state index in [-0.39, 0.29) is 17.4 Å². The molecule has 1 aliphatic rings. The predicted molar refractivity (Wildman–Crippen MR) is 66.9 cm³/mol. The maximum absolute atomic E-state index is 11.9. The van der Waals surface area contributed by atoms with Crippen molar-refractivity contribution in [3.05, 3.63) is 23.5 Å². The van der Waals surface area contributed by atoms with Gasteiger partial charge in [0.15, 0.2) is 14.8 Å². The van der Waals surface area contributed by atoms with Crippen LogP contribution < -0.4 is 5.32 Å². The number of hydrogen-bond acceptors (Lipinski definition) is 5. The van der Waals surface area contributed by atoms with Gasteiger partial charge < -0.3 is 5.32 Å². The third-order valence-electron chi connectivity index (χ3n) is 2.87. The average molecular weight is 271 g/mol. The quantitative estimate of drug-likeness (QED) is 0.881. The van der Waals surface area contributed by atoms with Crippen molar-refractivity contribution in [3.8, 4) is 0 Å². The number of imidazole rings is 1. The maximum Gasteiger partial charge on any atom is 0.193 e. The topological polar surface area (TPSA) is 63.5 Å². The van der Waals surface area contributed by atoms with Crippen LogP contribution in [0.3, 0.4) is 0 Å². The number of sulfone groups is 1. The molecule has 2 aromatic rings. The van der Waals surface area contributed by atoms with Crippen molar-refractivity contribution in [3.63, 3.8) is 0 Å². The van der Waals surface area contributed by atoms with Gasteiger partial charge >= 0.3 is 0 Å². The van der Waals surface area contributed by atoms with E-state index in [9.17, 15) is 8.42 Å². The number of nitrogens with one attached hydrogen (secondary N) is 1. The second-order valence-corrected chi connectivity index (χ2v) is 7.39. The minimum absolute atomic E-state index is 0.0535. The first kappa shape index (κ1) is 11.2. The second kappa shape index (κ2) is 4.08. The molecule has 0 aliphatic carbocycles. The van der Waals surface area contributed by atoms with E-state index in [1.807, 2.05) is 16.0 Å². The molecule has 0 atom stereocenters. The Morgan fingerprint density at radius 3 is 3.00 bits per heavy atom. The SMILES string of the molecule is O=S(=O)(Cc1cn2ccsc2n1)CC1CNC1. The van der Waals surface area contributed by atoms with Crippen LogP contribution in [0.1, 0.15) is 5.69 Å². The van der Waals surface area contributed by atoms with Crippen LogP contribution in [-0.4, -0.2) is 36.6 Å². The Kier molecular flexibility index (Phi) is 2.68. The number of fused-ring (bicyclic) bond motifs is 1. The van der Waals surface area contributed by atoms with E-state index >= 15 is 0 Å². The summed E-state index contributed by atoms with van der Waals surface area (Å²) < 4.78 is 25.7. The van der Waals surface area contributed by atoms with Crippen molar-refractivity contribution in [2.24, 2.45) is 5.92 Å². The number of nitrogens with zero attached hydrogens (tertiary/aromatic N) is 2.